The second-order valence-corrected chi connectivity index (χ2v) is 6.24. The molecular formula is C19H19F4N5O. The molecule has 154 valence electrons. The van der Waals surface area contributed by atoms with E-state index in [4.69, 9.17) is 0 Å². The summed E-state index contributed by atoms with van der Waals surface area (Å²) in [5.41, 5.74) is -0.676. The Morgan fingerprint density at radius 2 is 1.55 bits per heavy atom. The molecule has 0 spiro atoms. The molecule has 0 atom stereocenters. The summed E-state index contributed by atoms with van der Waals surface area (Å²) in [5.74, 6) is -7.46. The summed E-state index contributed by atoms with van der Waals surface area (Å²) in [6.45, 7) is 6.80. The highest BCUT2D eigenvalue weighted by molar-refractivity contribution is 5.95. The van der Waals surface area contributed by atoms with E-state index >= 15 is 0 Å². The number of rotatable bonds is 7. The van der Waals surface area contributed by atoms with Crippen molar-refractivity contribution in [3.8, 4) is 5.88 Å². The normalized spacial score (nSPS) is 12.0. The van der Waals surface area contributed by atoms with E-state index in [1.165, 1.54) is 0 Å². The van der Waals surface area contributed by atoms with Crippen LogP contribution in [-0.4, -0.2) is 39.2 Å². The highest BCUT2D eigenvalue weighted by Crippen LogP contribution is 2.40. The summed E-state index contributed by atoms with van der Waals surface area (Å²) in [5, 5.41) is 18.1. The van der Waals surface area contributed by atoms with Gasteiger partial charge in [0.2, 0.25) is 17.5 Å². The first-order valence-corrected chi connectivity index (χ1v) is 9.03. The summed E-state index contributed by atoms with van der Waals surface area (Å²) in [6, 6.07) is 6.87. The highest BCUT2D eigenvalue weighted by Gasteiger charge is 2.22. The molecule has 0 aliphatic carbocycles. The van der Waals surface area contributed by atoms with Crippen LogP contribution in [0.25, 0.3) is 10.9 Å². The predicted octanol–water partition coefficient (Wildman–Crippen LogP) is 5.06. The van der Waals surface area contributed by atoms with Gasteiger partial charge in [-0.15, -0.1) is 10.2 Å². The fourth-order valence-electron chi connectivity index (χ4n) is 3.04. The lowest BCUT2D eigenvalue weighted by molar-refractivity contribution is 0.285. The van der Waals surface area contributed by atoms with Gasteiger partial charge in [-0.2, -0.15) is 22.5 Å². The fraction of sp³-hybridized carbons (Fsp3) is 0.316. The zero-order chi connectivity index (χ0) is 21.1. The first-order valence-electron chi connectivity index (χ1n) is 9.03. The molecule has 0 aliphatic rings. The number of nitrogens with zero attached hydrogens (tertiary/aromatic N) is 5. The lowest BCUT2D eigenvalue weighted by atomic mass is 10.2. The topological polar surface area (TPSA) is 66.0 Å². The maximum Gasteiger partial charge on any atom is 0.254 e. The van der Waals surface area contributed by atoms with Gasteiger partial charge in [0, 0.05) is 18.5 Å². The molecule has 6 nitrogen and oxygen atoms in total. The van der Waals surface area contributed by atoms with E-state index in [2.05, 4.69) is 20.1 Å². The van der Waals surface area contributed by atoms with Crippen molar-refractivity contribution in [2.24, 2.45) is 10.2 Å². The van der Waals surface area contributed by atoms with Gasteiger partial charge in [0.05, 0.1) is 5.52 Å². The lowest BCUT2D eigenvalue weighted by Gasteiger charge is -2.18. The molecule has 0 unspecified atom stereocenters. The van der Waals surface area contributed by atoms with E-state index in [1.807, 2.05) is 13.8 Å². The molecule has 0 aliphatic heterocycles. The van der Waals surface area contributed by atoms with Crippen LogP contribution < -0.4 is 0 Å². The second-order valence-electron chi connectivity index (χ2n) is 6.24. The number of likely N-dealkylation sites (N-methyl/N-ethyl adjacent to an activating group) is 1. The lowest BCUT2D eigenvalue weighted by Crippen LogP contribution is -2.26. The van der Waals surface area contributed by atoms with Gasteiger partial charge < -0.3 is 14.6 Å². The molecule has 1 aromatic carbocycles. The standard InChI is InChI=1S/C19H19F4N5O/c1-3-27(4-2)9-10-28-12-8-6-5-7-11(12)15(19(28)29)25-26-16-13(20)17(22)24-18(23)14(16)21/h5-8,29H,3-4,9-10H2,1-2H3. The van der Waals surface area contributed by atoms with Crippen molar-refractivity contribution < 1.29 is 22.7 Å². The molecule has 3 rings (SSSR count). The molecule has 10 heteroatoms. The predicted molar refractivity (Wildman–Crippen MR) is 99.6 cm³/mol. The number of aromatic hydroxyl groups is 1. The van der Waals surface area contributed by atoms with Crippen LogP contribution in [0.5, 0.6) is 5.88 Å². The van der Waals surface area contributed by atoms with Crippen molar-refractivity contribution in [3.63, 3.8) is 0 Å². The van der Waals surface area contributed by atoms with Gasteiger partial charge >= 0.3 is 0 Å². The van der Waals surface area contributed by atoms with Crippen LogP contribution in [0, 0.1) is 23.5 Å². The Morgan fingerprint density at radius 1 is 0.966 bits per heavy atom. The van der Waals surface area contributed by atoms with Crippen molar-refractivity contribution in [3.05, 3.63) is 47.8 Å². The van der Waals surface area contributed by atoms with Gasteiger partial charge in [-0.25, -0.2) is 0 Å². The van der Waals surface area contributed by atoms with Gasteiger partial charge in [-0.1, -0.05) is 32.0 Å². The Labute approximate surface area is 164 Å². The van der Waals surface area contributed by atoms with Crippen molar-refractivity contribution >= 4 is 22.3 Å². The van der Waals surface area contributed by atoms with Gasteiger partial charge in [-0.3, -0.25) is 0 Å². The summed E-state index contributed by atoms with van der Waals surface area (Å²) >= 11 is 0. The molecule has 2 aromatic heterocycles. The van der Waals surface area contributed by atoms with E-state index in [0.717, 1.165) is 13.1 Å². The average molecular weight is 409 g/mol. The Bertz CT molecular complexity index is 1040. The largest absolute Gasteiger partial charge is 0.493 e. The van der Waals surface area contributed by atoms with Crippen LogP contribution in [0.4, 0.5) is 28.9 Å². The second kappa shape index (κ2) is 8.56. The minimum atomic E-state index is -1.83. The molecular weight excluding hydrogens is 390 g/mol. The summed E-state index contributed by atoms with van der Waals surface area (Å²) in [6.07, 6.45) is 0. The maximum atomic E-state index is 13.8. The number of fused-ring (bicyclic) bond motifs is 1. The minimum absolute atomic E-state index is 0.0587. The van der Waals surface area contributed by atoms with Crippen molar-refractivity contribution in [2.45, 2.75) is 20.4 Å². The Kier molecular flexibility index (Phi) is 6.12. The van der Waals surface area contributed by atoms with Gasteiger partial charge in [0.1, 0.15) is 0 Å². The summed E-state index contributed by atoms with van der Waals surface area (Å²) < 4.78 is 55.7. The summed E-state index contributed by atoms with van der Waals surface area (Å²) in [4.78, 5) is 4.63. The van der Waals surface area contributed by atoms with Gasteiger partial charge in [-0.05, 0) is 19.2 Å². The molecule has 2 heterocycles. The van der Waals surface area contributed by atoms with Crippen LogP contribution in [0.1, 0.15) is 13.8 Å². The molecule has 0 amide bonds. The average Bonchev–Trinajstić information content (AvgIpc) is 2.98. The van der Waals surface area contributed by atoms with Crippen LogP contribution in [0.3, 0.4) is 0 Å². The summed E-state index contributed by atoms with van der Waals surface area (Å²) in [7, 11) is 0. The maximum absolute atomic E-state index is 13.8. The first kappa shape index (κ1) is 20.7. The minimum Gasteiger partial charge on any atom is -0.493 e. The van der Waals surface area contributed by atoms with E-state index in [9.17, 15) is 22.7 Å². The molecule has 1 N–H and O–H groups in total. The van der Waals surface area contributed by atoms with Gasteiger partial charge in [0.25, 0.3) is 11.9 Å². The number of pyridine rings is 1. The molecule has 29 heavy (non-hydrogen) atoms. The van der Waals surface area contributed by atoms with Crippen LogP contribution in [0.2, 0.25) is 0 Å². The first-order chi connectivity index (χ1) is 13.9. The number of hydrogen-bond acceptors (Lipinski definition) is 5. The fourth-order valence-corrected chi connectivity index (χ4v) is 3.04. The third kappa shape index (κ3) is 3.93. The molecule has 0 radical (unpaired) electrons. The smallest absolute Gasteiger partial charge is 0.254 e. The van der Waals surface area contributed by atoms with E-state index in [0.29, 0.717) is 24.0 Å². The molecule has 0 saturated heterocycles. The van der Waals surface area contributed by atoms with Crippen LogP contribution in [-0.2, 0) is 6.54 Å². The number of aromatic nitrogens is 2. The third-order valence-electron chi connectivity index (χ3n) is 4.68. The van der Waals surface area contributed by atoms with E-state index < -0.39 is 29.2 Å². The zero-order valence-electron chi connectivity index (χ0n) is 15.8. The number of hydrogen-bond donors (Lipinski definition) is 1. The zero-order valence-corrected chi connectivity index (χ0v) is 15.8. The molecule has 0 fully saturated rings. The molecule has 3 aromatic rings. The number of para-hydroxylation sites is 1. The molecule has 0 bridgehead atoms. The van der Waals surface area contributed by atoms with E-state index in [1.54, 1.807) is 28.8 Å². The number of benzene rings is 1. The van der Waals surface area contributed by atoms with Gasteiger partial charge in [0.15, 0.2) is 11.4 Å². The Hall–Kier alpha value is -3.01. The van der Waals surface area contributed by atoms with E-state index in [-0.39, 0.29) is 11.6 Å². The third-order valence-corrected chi connectivity index (χ3v) is 4.68. The number of halogens is 4. The van der Waals surface area contributed by atoms with Crippen molar-refractivity contribution in [1.82, 2.24) is 14.5 Å². The SMILES string of the molecule is CCN(CC)CCn1c(O)c(N=Nc2c(F)c(F)nc(F)c2F)c2ccccc21. The quantitative estimate of drug-likeness (QED) is 0.337. The number of azo groups is 1. The Balaban J connectivity index is 2.05. The highest BCUT2D eigenvalue weighted by atomic mass is 19.2. The van der Waals surface area contributed by atoms with Crippen molar-refractivity contribution in [1.29, 1.82) is 0 Å². The monoisotopic (exact) mass is 409 g/mol. The Morgan fingerprint density at radius 3 is 2.17 bits per heavy atom. The van der Waals surface area contributed by atoms with Crippen LogP contribution >= 0.6 is 0 Å². The molecule has 0 saturated carbocycles. The van der Waals surface area contributed by atoms with Crippen LogP contribution in [0.15, 0.2) is 34.5 Å². The van der Waals surface area contributed by atoms with Crippen molar-refractivity contribution in [2.75, 3.05) is 19.6 Å².